The smallest absolute Gasteiger partial charge is 0.295 e. The summed E-state index contributed by atoms with van der Waals surface area (Å²) in [6.45, 7) is 10.8. The molecule has 1 fully saturated rings. The lowest BCUT2D eigenvalue weighted by atomic mass is 9.91. The van der Waals surface area contributed by atoms with Crippen molar-refractivity contribution in [1.29, 1.82) is 0 Å². The molecule has 1 heterocycles. The second kappa shape index (κ2) is 10.8. The largest absolute Gasteiger partial charge is 0.507 e. The number of carbonyl (C=O) groups is 2. The summed E-state index contributed by atoms with van der Waals surface area (Å²) in [7, 11) is 1.62. The number of methoxy groups -OCH3 is 1. The average molecular weight is 466 g/mol. The lowest BCUT2D eigenvalue weighted by molar-refractivity contribution is -0.139. The molecule has 0 spiro atoms. The molecule has 1 N–H and O–H groups in total. The minimum atomic E-state index is -0.684. The van der Waals surface area contributed by atoms with Gasteiger partial charge in [0, 0.05) is 12.1 Å². The zero-order valence-electron chi connectivity index (χ0n) is 21.0. The molecule has 1 amide bonds. The molecule has 6 nitrogen and oxygen atoms in total. The van der Waals surface area contributed by atoms with Crippen molar-refractivity contribution in [2.45, 2.75) is 59.4 Å². The van der Waals surface area contributed by atoms with E-state index in [1.807, 2.05) is 71.0 Å². The zero-order valence-corrected chi connectivity index (χ0v) is 21.0. The topological polar surface area (TPSA) is 76.1 Å². The van der Waals surface area contributed by atoms with Crippen LogP contribution in [0.2, 0.25) is 0 Å². The van der Waals surface area contributed by atoms with Gasteiger partial charge in [0.2, 0.25) is 0 Å². The van der Waals surface area contributed by atoms with E-state index in [2.05, 4.69) is 0 Å². The monoisotopic (exact) mass is 465 g/mol. The van der Waals surface area contributed by atoms with E-state index in [1.165, 1.54) is 0 Å². The highest BCUT2D eigenvalue weighted by Gasteiger charge is 2.46. The Hall–Kier alpha value is -3.28. The number of aryl methyl sites for hydroxylation is 1. The molecule has 0 aromatic heterocycles. The number of benzene rings is 2. The third-order valence-corrected chi connectivity index (χ3v) is 6.23. The summed E-state index contributed by atoms with van der Waals surface area (Å²) in [5, 5.41) is 11.5. The third-order valence-electron chi connectivity index (χ3n) is 6.23. The van der Waals surface area contributed by atoms with Crippen molar-refractivity contribution in [2.75, 3.05) is 20.3 Å². The standard InChI is InChI=1S/C28H35NO5/c1-7-9-13-29-25(19-11-10-12-20(15-19)34-8-2)24(27(31)28(29)32)26(30)22-16-21(17(3)4)23(33-6)14-18(22)5/h10-12,14-17,25,30H,7-9,13H2,1-6H3/b26-24+. The van der Waals surface area contributed by atoms with Crippen LogP contribution in [0.5, 0.6) is 11.5 Å². The molecule has 1 unspecified atom stereocenters. The fraction of sp³-hybridized carbons (Fsp3) is 0.429. The fourth-order valence-electron chi connectivity index (χ4n) is 4.45. The van der Waals surface area contributed by atoms with Crippen molar-refractivity contribution in [2.24, 2.45) is 0 Å². The van der Waals surface area contributed by atoms with Gasteiger partial charge >= 0.3 is 0 Å². The summed E-state index contributed by atoms with van der Waals surface area (Å²) in [4.78, 5) is 27.9. The van der Waals surface area contributed by atoms with Crippen LogP contribution in [0.1, 0.15) is 74.8 Å². The SMILES string of the molecule is CCCCN1C(=O)C(=O)/C(=C(/O)c2cc(C(C)C)c(OC)cc2C)C1c1cccc(OCC)c1. The van der Waals surface area contributed by atoms with Crippen molar-refractivity contribution in [3.63, 3.8) is 0 Å². The molecule has 0 aliphatic carbocycles. The van der Waals surface area contributed by atoms with E-state index < -0.39 is 17.7 Å². The van der Waals surface area contributed by atoms with Crippen LogP contribution in [-0.4, -0.2) is 42.0 Å². The number of ketones is 1. The van der Waals surface area contributed by atoms with Crippen LogP contribution in [-0.2, 0) is 9.59 Å². The van der Waals surface area contributed by atoms with Crippen LogP contribution in [0.3, 0.4) is 0 Å². The molecule has 0 saturated carbocycles. The second-order valence-electron chi connectivity index (χ2n) is 8.92. The molecule has 1 atom stereocenters. The van der Waals surface area contributed by atoms with Crippen LogP contribution in [0.15, 0.2) is 42.0 Å². The lowest BCUT2D eigenvalue weighted by Gasteiger charge is -2.26. The van der Waals surface area contributed by atoms with Gasteiger partial charge in [0.1, 0.15) is 17.3 Å². The summed E-state index contributed by atoms with van der Waals surface area (Å²) in [6, 6.07) is 10.4. The Morgan fingerprint density at radius 1 is 1.15 bits per heavy atom. The molecule has 2 aromatic rings. The molecular weight excluding hydrogens is 430 g/mol. The van der Waals surface area contributed by atoms with Gasteiger partial charge in [-0.25, -0.2) is 0 Å². The number of aliphatic hydroxyl groups excluding tert-OH is 1. The molecule has 0 bridgehead atoms. The van der Waals surface area contributed by atoms with Gasteiger partial charge in [0.25, 0.3) is 11.7 Å². The summed E-state index contributed by atoms with van der Waals surface area (Å²) < 4.78 is 11.2. The lowest BCUT2D eigenvalue weighted by Crippen LogP contribution is -2.30. The minimum absolute atomic E-state index is 0.109. The van der Waals surface area contributed by atoms with Crippen LogP contribution in [0, 0.1) is 6.92 Å². The molecule has 6 heteroatoms. The normalized spacial score (nSPS) is 17.5. The number of rotatable bonds is 9. The predicted octanol–water partition coefficient (Wildman–Crippen LogP) is 5.75. The van der Waals surface area contributed by atoms with Crippen molar-refractivity contribution in [1.82, 2.24) is 4.90 Å². The minimum Gasteiger partial charge on any atom is -0.507 e. The van der Waals surface area contributed by atoms with Crippen molar-refractivity contribution < 1.29 is 24.2 Å². The van der Waals surface area contributed by atoms with Crippen molar-refractivity contribution >= 4 is 17.4 Å². The van der Waals surface area contributed by atoms with E-state index in [4.69, 9.17) is 9.47 Å². The molecule has 34 heavy (non-hydrogen) atoms. The van der Waals surface area contributed by atoms with Gasteiger partial charge in [0.05, 0.1) is 25.3 Å². The number of ether oxygens (including phenoxy) is 2. The average Bonchev–Trinajstić information content (AvgIpc) is 3.07. The number of carbonyl (C=O) groups excluding carboxylic acids is 2. The van der Waals surface area contributed by atoms with E-state index in [0.29, 0.717) is 24.5 Å². The Balaban J connectivity index is 2.24. The first-order chi connectivity index (χ1) is 16.2. The Bertz CT molecular complexity index is 1100. The summed E-state index contributed by atoms with van der Waals surface area (Å²) >= 11 is 0. The molecule has 1 aliphatic rings. The van der Waals surface area contributed by atoms with E-state index >= 15 is 0 Å². The molecular formula is C28H35NO5. The number of unbranched alkanes of at least 4 members (excludes halogenated alkanes) is 1. The molecule has 1 aliphatic heterocycles. The van der Waals surface area contributed by atoms with Crippen LogP contribution in [0.25, 0.3) is 5.76 Å². The highest BCUT2D eigenvalue weighted by atomic mass is 16.5. The van der Waals surface area contributed by atoms with Crippen molar-refractivity contribution in [3.05, 3.63) is 64.2 Å². The van der Waals surface area contributed by atoms with Crippen LogP contribution >= 0.6 is 0 Å². The molecule has 2 aromatic carbocycles. The first kappa shape index (κ1) is 25.3. The molecule has 3 rings (SSSR count). The van der Waals surface area contributed by atoms with E-state index in [-0.39, 0.29) is 17.3 Å². The second-order valence-corrected chi connectivity index (χ2v) is 8.92. The predicted molar refractivity (Wildman–Crippen MR) is 133 cm³/mol. The number of hydrogen-bond acceptors (Lipinski definition) is 5. The molecule has 182 valence electrons. The van der Waals surface area contributed by atoms with Gasteiger partial charge in [-0.15, -0.1) is 0 Å². The Morgan fingerprint density at radius 3 is 2.50 bits per heavy atom. The summed E-state index contributed by atoms with van der Waals surface area (Å²) in [5.74, 6) is 0.120. The number of nitrogens with zero attached hydrogens (tertiary/aromatic N) is 1. The van der Waals surface area contributed by atoms with Gasteiger partial charge in [-0.05, 0) is 67.1 Å². The Labute approximate surface area is 202 Å². The first-order valence-electron chi connectivity index (χ1n) is 11.9. The highest BCUT2D eigenvalue weighted by Crippen LogP contribution is 2.42. The van der Waals surface area contributed by atoms with Gasteiger partial charge in [0.15, 0.2) is 0 Å². The fourth-order valence-corrected chi connectivity index (χ4v) is 4.45. The summed E-state index contributed by atoms with van der Waals surface area (Å²) in [5.41, 5.74) is 3.06. The first-order valence-corrected chi connectivity index (χ1v) is 11.9. The molecule has 0 radical (unpaired) electrons. The van der Waals surface area contributed by atoms with Gasteiger partial charge in [-0.1, -0.05) is 39.3 Å². The molecule has 1 saturated heterocycles. The summed E-state index contributed by atoms with van der Waals surface area (Å²) in [6.07, 6.45) is 1.64. The van der Waals surface area contributed by atoms with E-state index in [0.717, 1.165) is 35.3 Å². The third kappa shape index (κ3) is 4.81. The maximum Gasteiger partial charge on any atom is 0.295 e. The number of aliphatic hydroxyl groups is 1. The maximum atomic E-state index is 13.3. The van der Waals surface area contributed by atoms with Crippen LogP contribution < -0.4 is 9.47 Å². The number of hydrogen-bond donors (Lipinski definition) is 1. The van der Waals surface area contributed by atoms with E-state index in [1.54, 1.807) is 12.0 Å². The maximum absolute atomic E-state index is 13.3. The highest BCUT2D eigenvalue weighted by molar-refractivity contribution is 6.46. The van der Waals surface area contributed by atoms with Gasteiger partial charge < -0.3 is 19.5 Å². The number of Topliss-reactive ketones (excluding diaryl/α,β-unsaturated/α-hetero) is 1. The quantitative estimate of drug-likeness (QED) is 0.290. The Morgan fingerprint density at radius 2 is 1.88 bits per heavy atom. The number of amides is 1. The van der Waals surface area contributed by atoms with Gasteiger partial charge in [-0.2, -0.15) is 0 Å². The zero-order chi connectivity index (χ0) is 25.0. The Kier molecular flexibility index (Phi) is 8.02. The van der Waals surface area contributed by atoms with Crippen molar-refractivity contribution in [3.8, 4) is 11.5 Å². The van der Waals surface area contributed by atoms with Gasteiger partial charge in [-0.3, -0.25) is 9.59 Å². The van der Waals surface area contributed by atoms with E-state index in [9.17, 15) is 14.7 Å². The number of likely N-dealkylation sites (tertiary alicyclic amines) is 1. The van der Waals surface area contributed by atoms with Crippen LogP contribution in [0.4, 0.5) is 0 Å².